The van der Waals surface area contributed by atoms with Gasteiger partial charge in [0.25, 0.3) is 5.91 Å². The highest BCUT2D eigenvalue weighted by Crippen LogP contribution is 2.19. The molecule has 0 aromatic heterocycles. The van der Waals surface area contributed by atoms with E-state index < -0.39 is 5.97 Å². The first-order valence-electron chi connectivity index (χ1n) is 6.99. The number of rotatable bonds is 8. The summed E-state index contributed by atoms with van der Waals surface area (Å²) in [7, 11) is 0. The third-order valence-corrected chi connectivity index (χ3v) is 2.98. The molecule has 6 heteroatoms. The van der Waals surface area contributed by atoms with Crippen molar-refractivity contribution in [3.63, 3.8) is 0 Å². The number of hydrogen-bond donors (Lipinski definition) is 2. The molecule has 0 heterocycles. The molecule has 0 aliphatic heterocycles. The normalized spacial score (nSPS) is 10.2. The Labute approximate surface area is 124 Å². The summed E-state index contributed by atoms with van der Waals surface area (Å²) in [6.45, 7) is 3.38. The highest BCUT2D eigenvalue weighted by molar-refractivity contribution is 5.81. The molecule has 0 fully saturated rings. The Bertz CT molecular complexity index is 472. The van der Waals surface area contributed by atoms with Crippen molar-refractivity contribution in [3.8, 4) is 5.75 Å². The molecule has 0 radical (unpaired) electrons. The molecule has 0 atom stereocenters. The van der Waals surface area contributed by atoms with Crippen LogP contribution in [0.25, 0.3) is 0 Å². The third-order valence-electron chi connectivity index (χ3n) is 2.98. The van der Waals surface area contributed by atoms with Crippen LogP contribution in [0.4, 0.5) is 5.69 Å². The molecule has 0 unspecified atom stereocenters. The maximum Gasteiger partial charge on any atom is 0.344 e. The van der Waals surface area contributed by atoms with Crippen molar-refractivity contribution in [2.45, 2.75) is 32.7 Å². The Morgan fingerprint density at radius 1 is 1.19 bits per heavy atom. The quantitative estimate of drug-likeness (QED) is 0.560. The number of esters is 1. The highest BCUT2D eigenvalue weighted by Gasteiger charge is 2.12. The molecule has 1 aromatic carbocycles. The molecule has 3 N–H and O–H groups in total. The molecular weight excluding hydrogens is 272 g/mol. The Kier molecular flexibility index (Phi) is 7.08. The molecule has 0 saturated heterocycles. The van der Waals surface area contributed by atoms with Gasteiger partial charge in [-0.05, 0) is 25.0 Å². The first-order valence-corrected chi connectivity index (χ1v) is 6.99. The van der Waals surface area contributed by atoms with Crippen LogP contribution in [0.5, 0.6) is 5.75 Å². The van der Waals surface area contributed by atoms with Crippen molar-refractivity contribution in [1.82, 2.24) is 5.32 Å². The molecule has 0 spiro atoms. The predicted molar refractivity (Wildman–Crippen MR) is 79.8 cm³/mol. The van der Waals surface area contributed by atoms with Gasteiger partial charge in [0, 0.05) is 6.04 Å². The van der Waals surface area contributed by atoms with Crippen LogP contribution in [0.15, 0.2) is 24.3 Å². The number of anilines is 1. The van der Waals surface area contributed by atoms with Crippen LogP contribution in [0.1, 0.15) is 26.7 Å². The van der Waals surface area contributed by atoms with Crippen LogP contribution in [-0.4, -0.2) is 31.1 Å². The fraction of sp³-hybridized carbons (Fsp3) is 0.467. The molecule has 1 amide bonds. The summed E-state index contributed by atoms with van der Waals surface area (Å²) in [5, 5.41) is 2.78. The summed E-state index contributed by atoms with van der Waals surface area (Å²) in [5.74, 6) is -0.509. The van der Waals surface area contributed by atoms with Crippen molar-refractivity contribution >= 4 is 17.6 Å². The van der Waals surface area contributed by atoms with Crippen LogP contribution in [-0.2, 0) is 14.3 Å². The lowest BCUT2D eigenvalue weighted by atomic mass is 10.2. The van der Waals surface area contributed by atoms with E-state index >= 15 is 0 Å². The molecule has 0 aliphatic carbocycles. The average Bonchev–Trinajstić information content (AvgIpc) is 2.49. The van der Waals surface area contributed by atoms with E-state index in [4.69, 9.17) is 15.2 Å². The summed E-state index contributed by atoms with van der Waals surface area (Å²) in [6.07, 6.45) is 1.68. The number of nitrogens with two attached hydrogens (primary N) is 1. The Morgan fingerprint density at radius 3 is 2.48 bits per heavy atom. The van der Waals surface area contributed by atoms with Crippen LogP contribution >= 0.6 is 0 Å². The topological polar surface area (TPSA) is 90.6 Å². The lowest BCUT2D eigenvalue weighted by molar-refractivity contribution is -0.150. The SMILES string of the molecule is CCC(CC)NC(=O)COC(=O)COc1ccccc1N. The van der Waals surface area contributed by atoms with E-state index in [0.717, 1.165) is 12.8 Å². The van der Waals surface area contributed by atoms with Gasteiger partial charge in [0.1, 0.15) is 5.75 Å². The van der Waals surface area contributed by atoms with E-state index in [9.17, 15) is 9.59 Å². The van der Waals surface area contributed by atoms with Gasteiger partial charge in [0.05, 0.1) is 5.69 Å². The fourth-order valence-electron chi connectivity index (χ4n) is 1.70. The number of benzene rings is 1. The molecule has 0 bridgehead atoms. The van der Waals surface area contributed by atoms with E-state index in [0.29, 0.717) is 11.4 Å². The van der Waals surface area contributed by atoms with Crippen molar-refractivity contribution in [3.05, 3.63) is 24.3 Å². The number of carbonyl (C=O) groups excluding carboxylic acids is 2. The largest absolute Gasteiger partial charge is 0.480 e. The minimum absolute atomic E-state index is 0.108. The van der Waals surface area contributed by atoms with Gasteiger partial charge >= 0.3 is 5.97 Å². The molecule has 6 nitrogen and oxygen atoms in total. The maximum absolute atomic E-state index is 11.6. The van der Waals surface area contributed by atoms with Gasteiger partial charge in [-0.2, -0.15) is 0 Å². The lowest BCUT2D eigenvalue weighted by Gasteiger charge is -2.14. The molecule has 0 aliphatic rings. The first kappa shape index (κ1) is 16.8. The average molecular weight is 294 g/mol. The lowest BCUT2D eigenvalue weighted by Crippen LogP contribution is -2.37. The highest BCUT2D eigenvalue weighted by atomic mass is 16.6. The summed E-state index contributed by atoms with van der Waals surface area (Å²) < 4.78 is 10.1. The second-order valence-electron chi connectivity index (χ2n) is 4.57. The van der Waals surface area contributed by atoms with E-state index in [1.165, 1.54) is 0 Å². The van der Waals surface area contributed by atoms with E-state index in [-0.39, 0.29) is 25.2 Å². The number of para-hydroxylation sites is 2. The number of ether oxygens (including phenoxy) is 2. The van der Waals surface area contributed by atoms with Gasteiger partial charge in [0.15, 0.2) is 13.2 Å². The Hall–Kier alpha value is -2.24. The first-order chi connectivity index (χ1) is 10.1. The van der Waals surface area contributed by atoms with Gasteiger partial charge in [0.2, 0.25) is 0 Å². The van der Waals surface area contributed by atoms with E-state index in [1.54, 1.807) is 24.3 Å². The van der Waals surface area contributed by atoms with E-state index in [1.807, 2.05) is 13.8 Å². The summed E-state index contributed by atoms with van der Waals surface area (Å²) in [4.78, 5) is 23.0. The molecule has 21 heavy (non-hydrogen) atoms. The van der Waals surface area contributed by atoms with Gasteiger partial charge in [-0.3, -0.25) is 4.79 Å². The predicted octanol–water partition coefficient (Wildman–Crippen LogP) is 1.50. The smallest absolute Gasteiger partial charge is 0.344 e. The molecule has 0 saturated carbocycles. The van der Waals surface area contributed by atoms with Gasteiger partial charge in [-0.25, -0.2) is 4.79 Å². The Balaban J connectivity index is 2.28. The second kappa shape index (κ2) is 8.84. The second-order valence-corrected chi connectivity index (χ2v) is 4.57. The van der Waals surface area contributed by atoms with Crippen molar-refractivity contribution in [2.75, 3.05) is 18.9 Å². The third kappa shape index (κ3) is 6.16. The van der Waals surface area contributed by atoms with Gasteiger partial charge < -0.3 is 20.5 Å². The standard InChI is InChI=1S/C15H22N2O4/c1-3-11(4-2)17-14(18)9-21-15(19)10-20-13-8-6-5-7-12(13)16/h5-8,11H,3-4,9-10,16H2,1-2H3,(H,17,18). The zero-order valence-corrected chi connectivity index (χ0v) is 12.4. The minimum atomic E-state index is -0.613. The number of amides is 1. The summed E-state index contributed by atoms with van der Waals surface area (Å²) >= 11 is 0. The van der Waals surface area contributed by atoms with Crippen LogP contribution in [0, 0.1) is 0 Å². The number of nitrogens with one attached hydrogen (secondary N) is 1. The van der Waals surface area contributed by atoms with Crippen LogP contribution in [0.3, 0.4) is 0 Å². The maximum atomic E-state index is 11.6. The van der Waals surface area contributed by atoms with Crippen molar-refractivity contribution in [1.29, 1.82) is 0 Å². The van der Waals surface area contributed by atoms with Crippen LogP contribution in [0.2, 0.25) is 0 Å². The number of nitrogen functional groups attached to an aromatic ring is 1. The van der Waals surface area contributed by atoms with E-state index in [2.05, 4.69) is 5.32 Å². The zero-order chi connectivity index (χ0) is 15.7. The molecule has 1 rings (SSSR count). The zero-order valence-electron chi connectivity index (χ0n) is 12.4. The van der Waals surface area contributed by atoms with Gasteiger partial charge in [-0.1, -0.05) is 26.0 Å². The van der Waals surface area contributed by atoms with Gasteiger partial charge in [-0.15, -0.1) is 0 Å². The molecule has 116 valence electrons. The molecule has 1 aromatic rings. The minimum Gasteiger partial charge on any atom is -0.480 e. The summed E-state index contributed by atoms with van der Waals surface area (Å²) in [5.41, 5.74) is 6.11. The monoisotopic (exact) mass is 294 g/mol. The number of hydrogen-bond acceptors (Lipinski definition) is 5. The fourth-order valence-corrected chi connectivity index (χ4v) is 1.70. The molecular formula is C15H22N2O4. The van der Waals surface area contributed by atoms with Crippen molar-refractivity contribution in [2.24, 2.45) is 0 Å². The van der Waals surface area contributed by atoms with Crippen molar-refractivity contribution < 1.29 is 19.1 Å². The number of carbonyl (C=O) groups is 2. The summed E-state index contributed by atoms with van der Waals surface area (Å²) in [6, 6.07) is 6.95. The Morgan fingerprint density at radius 2 is 1.86 bits per heavy atom. The van der Waals surface area contributed by atoms with Crippen LogP contribution < -0.4 is 15.8 Å².